The normalized spacial score (nSPS) is 11.8. The van der Waals surface area contributed by atoms with E-state index in [1.807, 2.05) is 42.1 Å². The molecule has 0 aliphatic heterocycles. The monoisotopic (exact) mass is 414 g/mol. The largest absolute Gasteiger partial charge is 0.329 e. The highest BCUT2D eigenvalue weighted by molar-refractivity contribution is 8.00. The summed E-state index contributed by atoms with van der Waals surface area (Å²) in [6.45, 7) is 1.80. The van der Waals surface area contributed by atoms with Crippen molar-refractivity contribution in [2.75, 3.05) is 5.32 Å². The van der Waals surface area contributed by atoms with Crippen molar-refractivity contribution >= 4 is 40.8 Å². The fourth-order valence-electron chi connectivity index (χ4n) is 2.35. The SMILES string of the molecule is CC(Sc1ccc([N+](=O)[O-])cc1)C(=O)Nc1ccccc1Sc1nccn1C. The first-order valence-electron chi connectivity index (χ1n) is 8.40. The fraction of sp³-hybridized carbons (Fsp3) is 0.158. The number of aryl methyl sites for hydroxylation is 1. The van der Waals surface area contributed by atoms with E-state index in [9.17, 15) is 14.9 Å². The standard InChI is InChI=1S/C19H18N4O3S2/c1-13(27-15-9-7-14(8-10-15)23(25)26)18(24)21-16-5-3-4-6-17(16)28-19-20-11-12-22(19)2/h3-13H,1-2H3,(H,21,24). The Bertz CT molecular complexity index is 989. The van der Waals surface area contributed by atoms with Crippen molar-refractivity contribution in [1.82, 2.24) is 9.55 Å². The fourth-order valence-corrected chi connectivity index (χ4v) is 4.10. The van der Waals surface area contributed by atoms with Crippen LogP contribution in [0, 0.1) is 10.1 Å². The Hall–Kier alpha value is -2.78. The summed E-state index contributed by atoms with van der Waals surface area (Å²) in [6.07, 6.45) is 3.60. The van der Waals surface area contributed by atoms with Gasteiger partial charge in [-0.15, -0.1) is 11.8 Å². The molecule has 1 N–H and O–H groups in total. The van der Waals surface area contributed by atoms with Crippen LogP contribution in [0.4, 0.5) is 11.4 Å². The predicted octanol–water partition coefficient (Wildman–Crippen LogP) is 4.60. The van der Waals surface area contributed by atoms with E-state index in [0.717, 1.165) is 20.6 Å². The van der Waals surface area contributed by atoms with E-state index in [0.29, 0.717) is 0 Å². The van der Waals surface area contributed by atoms with Gasteiger partial charge in [0.25, 0.3) is 5.69 Å². The van der Waals surface area contributed by atoms with E-state index < -0.39 is 4.92 Å². The Labute approximate surface area is 170 Å². The quantitative estimate of drug-likeness (QED) is 0.345. The van der Waals surface area contributed by atoms with Gasteiger partial charge >= 0.3 is 0 Å². The Morgan fingerprint density at radius 3 is 2.57 bits per heavy atom. The molecule has 2 aromatic carbocycles. The molecule has 3 rings (SSSR count). The van der Waals surface area contributed by atoms with Crippen LogP contribution in [0.2, 0.25) is 0 Å². The van der Waals surface area contributed by atoms with Crippen LogP contribution in [0.1, 0.15) is 6.92 Å². The minimum Gasteiger partial charge on any atom is -0.329 e. The number of rotatable bonds is 7. The highest BCUT2D eigenvalue weighted by atomic mass is 32.2. The molecule has 1 amide bonds. The van der Waals surface area contributed by atoms with Gasteiger partial charge in [0.05, 0.1) is 15.9 Å². The molecule has 9 heteroatoms. The molecule has 1 heterocycles. The number of thioether (sulfide) groups is 1. The van der Waals surface area contributed by atoms with Crippen LogP contribution < -0.4 is 5.32 Å². The number of imidazole rings is 1. The van der Waals surface area contributed by atoms with Gasteiger partial charge in [0.2, 0.25) is 5.91 Å². The van der Waals surface area contributed by atoms with Crippen LogP contribution in [0.3, 0.4) is 0 Å². The smallest absolute Gasteiger partial charge is 0.269 e. The van der Waals surface area contributed by atoms with Crippen molar-refractivity contribution in [3.8, 4) is 0 Å². The molecule has 3 aromatic rings. The average molecular weight is 415 g/mol. The number of nitrogens with one attached hydrogen (secondary N) is 1. The molecule has 144 valence electrons. The third-order valence-electron chi connectivity index (χ3n) is 3.85. The molecule has 0 bridgehead atoms. The molecular weight excluding hydrogens is 396 g/mol. The summed E-state index contributed by atoms with van der Waals surface area (Å²) in [6, 6.07) is 13.7. The highest BCUT2D eigenvalue weighted by Gasteiger charge is 2.17. The van der Waals surface area contributed by atoms with Crippen LogP contribution in [0.5, 0.6) is 0 Å². The zero-order chi connectivity index (χ0) is 20.1. The average Bonchev–Trinajstić information content (AvgIpc) is 3.08. The molecule has 28 heavy (non-hydrogen) atoms. The van der Waals surface area contributed by atoms with Crippen molar-refractivity contribution in [3.63, 3.8) is 0 Å². The Balaban J connectivity index is 1.67. The van der Waals surface area contributed by atoms with Gasteiger partial charge in [-0.3, -0.25) is 14.9 Å². The molecule has 0 fully saturated rings. The molecular formula is C19H18N4O3S2. The number of nitrogens with zero attached hydrogens (tertiary/aromatic N) is 3. The van der Waals surface area contributed by atoms with Gasteiger partial charge in [-0.2, -0.15) is 0 Å². The van der Waals surface area contributed by atoms with E-state index in [1.165, 1.54) is 35.7 Å². The number of para-hydroxylation sites is 1. The van der Waals surface area contributed by atoms with Gasteiger partial charge in [-0.25, -0.2) is 4.98 Å². The van der Waals surface area contributed by atoms with Crippen LogP contribution in [0.25, 0.3) is 0 Å². The Morgan fingerprint density at radius 2 is 1.93 bits per heavy atom. The topological polar surface area (TPSA) is 90.1 Å². The minimum absolute atomic E-state index is 0.0293. The third-order valence-corrected chi connectivity index (χ3v) is 6.12. The van der Waals surface area contributed by atoms with Gasteiger partial charge in [-0.05, 0) is 43.0 Å². The van der Waals surface area contributed by atoms with Gasteiger partial charge < -0.3 is 9.88 Å². The zero-order valence-electron chi connectivity index (χ0n) is 15.2. The van der Waals surface area contributed by atoms with Crippen molar-refractivity contribution in [3.05, 3.63) is 71.0 Å². The molecule has 1 unspecified atom stereocenters. The van der Waals surface area contributed by atoms with Crippen LogP contribution in [0.15, 0.2) is 75.9 Å². The van der Waals surface area contributed by atoms with E-state index >= 15 is 0 Å². The van der Waals surface area contributed by atoms with E-state index in [1.54, 1.807) is 25.3 Å². The summed E-state index contributed by atoms with van der Waals surface area (Å²) in [5, 5.41) is 14.2. The number of non-ortho nitro benzene ring substituents is 1. The number of nitro benzene ring substituents is 1. The number of anilines is 1. The lowest BCUT2D eigenvalue weighted by atomic mass is 10.3. The Morgan fingerprint density at radius 1 is 1.21 bits per heavy atom. The lowest BCUT2D eigenvalue weighted by molar-refractivity contribution is -0.384. The van der Waals surface area contributed by atoms with Gasteiger partial charge in [0.1, 0.15) is 0 Å². The number of hydrogen-bond donors (Lipinski definition) is 1. The molecule has 0 aliphatic rings. The van der Waals surface area contributed by atoms with Crippen LogP contribution >= 0.6 is 23.5 Å². The number of benzene rings is 2. The van der Waals surface area contributed by atoms with E-state index in [-0.39, 0.29) is 16.8 Å². The van der Waals surface area contributed by atoms with Crippen molar-refractivity contribution in [2.45, 2.75) is 27.1 Å². The molecule has 0 radical (unpaired) electrons. The van der Waals surface area contributed by atoms with E-state index in [2.05, 4.69) is 10.3 Å². The lowest BCUT2D eigenvalue weighted by Gasteiger charge is -2.14. The number of aromatic nitrogens is 2. The molecule has 0 spiro atoms. The van der Waals surface area contributed by atoms with Crippen molar-refractivity contribution < 1.29 is 9.72 Å². The first-order valence-corrected chi connectivity index (χ1v) is 10.1. The zero-order valence-corrected chi connectivity index (χ0v) is 16.9. The molecule has 0 saturated heterocycles. The van der Waals surface area contributed by atoms with Gasteiger partial charge in [0.15, 0.2) is 5.16 Å². The summed E-state index contributed by atoms with van der Waals surface area (Å²) in [7, 11) is 1.92. The summed E-state index contributed by atoms with van der Waals surface area (Å²) >= 11 is 2.82. The maximum atomic E-state index is 12.6. The number of amides is 1. The third kappa shape index (κ3) is 4.93. The number of nitro groups is 1. The highest BCUT2D eigenvalue weighted by Crippen LogP contribution is 2.33. The summed E-state index contributed by atoms with van der Waals surface area (Å²) in [5.41, 5.74) is 0.748. The Kier molecular flexibility index (Phi) is 6.37. The molecule has 1 aromatic heterocycles. The molecule has 1 atom stereocenters. The second kappa shape index (κ2) is 8.94. The second-order valence-corrected chi connectivity index (χ2v) is 8.34. The first kappa shape index (κ1) is 20.0. The minimum atomic E-state index is -0.444. The maximum absolute atomic E-state index is 12.6. The molecule has 0 aliphatic carbocycles. The van der Waals surface area contributed by atoms with Gasteiger partial charge in [0, 0.05) is 41.4 Å². The van der Waals surface area contributed by atoms with Crippen LogP contribution in [-0.4, -0.2) is 25.6 Å². The summed E-state index contributed by atoms with van der Waals surface area (Å²) < 4.78 is 1.91. The second-order valence-electron chi connectivity index (χ2n) is 5.92. The van der Waals surface area contributed by atoms with Gasteiger partial charge in [-0.1, -0.05) is 12.1 Å². The predicted molar refractivity (Wildman–Crippen MR) is 111 cm³/mol. The number of hydrogen-bond acceptors (Lipinski definition) is 6. The first-order chi connectivity index (χ1) is 13.4. The number of carbonyl (C=O) groups excluding carboxylic acids is 1. The summed E-state index contributed by atoms with van der Waals surface area (Å²) in [4.78, 5) is 28.9. The van der Waals surface area contributed by atoms with E-state index in [4.69, 9.17) is 0 Å². The molecule has 7 nitrogen and oxygen atoms in total. The molecule has 0 saturated carbocycles. The number of carbonyl (C=O) groups is 1. The summed E-state index contributed by atoms with van der Waals surface area (Å²) in [5.74, 6) is -0.142. The van der Waals surface area contributed by atoms with Crippen LogP contribution in [-0.2, 0) is 11.8 Å². The van der Waals surface area contributed by atoms with Crippen molar-refractivity contribution in [2.24, 2.45) is 7.05 Å². The lowest BCUT2D eigenvalue weighted by Crippen LogP contribution is -2.22. The van der Waals surface area contributed by atoms with Crippen molar-refractivity contribution in [1.29, 1.82) is 0 Å². The maximum Gasteiger partial charge on any atom is 0.269 e.